The van der Waals surface area contributed by atoms with Crippen molar-refractivity contribution in [2.45, 2.75) is 0 Å². The average molecular weight is 494 g/mol. The van der Waals surface area contributed by atoms with E-state index in [0.29, 0.717) is 45.1 Å². The molecule has 1 amide bonds. The number of rotatable bonds is 7. The number of para-hydroxylation sites is 1. The maximum Gasteiger partial charge on any atom is 0.279 e. The molecule has 0 radical (unpaired) electrons. The molecule has 0 aliphatic carbocycles. The van der Waals surface area contributed by atoms with E-state index in [0.717, 1.165) is 0 Å². The van der Waals surface area contributed by atoms with Crippen LogP contribution in [0.15, 0.2) is 102 Å². The Labute approximate surface area is 212 Å². The van der Waals surface area contributed by atoms with Gasteiger partial charge in [0, 0.05) is 17.1 Å². The molecule has 0 saturated heterocycles. The Kier molecular flexibility index (Phi) is 6.54. The van der Waals surface area contributed by atoms with Gasteiger partial charge in [0.1, 0.15) is 28.7 Å². The fourth-order valence-corrected chi connectivity index (χ4v) is 3.90. The molecule has 0 aliphatic heterocycles. The minimum Gasteiger partial charge on any atom is -0.497 e. The Bertz CT molecular complexity index is 1630. The molecule has 0 spiro atoms. The van der Waals surface area contributed by atoms with Crippen molar-refractivity contribution in [1.29, 1.82) is 0 Å². The number of hydrogen-bond donors (Lipinski definition) is 1. The molecule has 0 fully saturated rings. The van der Waals surface area contributed by atoms with E-state index in [4.69, 9.17) is 14.2 Å². The van der Waals surface area contributed by atoms with E-state index in [9.17, 15) is 9.59 Å². The number of carbonyl (C=O) groups is 1. The summed E-state index contributed by atoms with van der Waals surface area (Å²) in [6.45, 7) is 0. The molecule has 8 nitrogen and oxygen atoms in total. The highest BCUT2D eigenvalue weighted by molar-refractivity contribution is 6.11. The van der Waals surface area contributed by atoms with Crippen molar-refractivity contribution in [3.05, 3.63) is 113 Å². The van der Waals surface area contributed by atoms with Gasteiger partial charge < -0.3 is 19.5 Å². The SMILES string of the molecule is COc1ccc(-n2nc(C(=O)Nc3ccc(Oc4ccccc4)cc3)c3ccccc3c2=O)c(OC)c1. The van der Waals surface area contributed by atoms with Gasteiger partial charge in [0.05, 0.1) is 19.6 Å². The van der Waals surface area contributed by atoms with Crippen LogP contribution in [0.2, 0.25) is 0 Å². The van der Waals surface area contributed by atoms with Gasteiger partial charge in [-0.25, -0.2) is 0 Å². The summed E-state index contributed by atoms with van der Waals surface area (Å²) in [6.07, 6.45) is 0. The fraction of sp³-hybridized carbons (Fsp3) is 0.0690. The van der Waals surface area contributed by atoms with Gasteiger partial charge >= 0.3 is 0 Å². The van der Waals surface area contributed by atoms with Crippen molar-refractivity contribution in [3.8, 4) is 28.7 Å². The number of aromatic nitrogens is 2. The summed E-state index contributed by atoms with van der Waals surface area (Å²) in [7, 11) is 3.03. The second-order valence-electron chi connectivity index (χ2n) is 8.04. The Morgan fingerprint density at radius 2 is 1.41 bits per heavy atom. The van der Waals surface area contributed by atoms with Crippen LogP contribution in [-0.4, -0.2) is 29.9 Å². The number of amides is 1. The number of hydrogen-bond acceptors (Lipinski definition) is 6. The van der Waals surface area contributed by atoms with Crippen molar-refractivity contribution >= 4 is 22.4 Å². The fourth-order valence-electron chi connectivity index (χ4n) is 3.90. The lowest BCUT2D eigenvalue weighted by Gasteiger charge is -2.14. The van der Waals surface area contributed by atoms with E-state index in [1.807, 2.05) is 30.3 Å². The standard InChI is InChI=1S/C29H23N3O5/c1-35-22-16-17-25(26(18-22)36-2)32-29(34)24-11-7-6-10-23(24)27(31-32)28(33)30-19-12-14-21(15-13-19)37-20-8-4-3-5-9-20/h3-18H,1-2H3,(H,30,33). The maximum absolute atomic E-state index is 13.4. The van der Waals surface area contributed by atoms with Crippen LogP contribution in [0.3, 0.4) is 0 Å². The van der Waals surface area contributed by atoms with Gasteiger partial charge in [-0.3, -0.25) is 9.59 Å². The maximum atomic E-state index is 13.4. The van der Waals surface area contributed by atoms with Gasteiger partial charge in [0.25, 0.3) is 11.5 Å². The zero-order valence-electron chi connectivity index (χ0n) is 20.2. The van der Waals surface area contributed by atoms with Crippen LogP contribution in [0.4, 0.5) is 5.69 Å². The summed E-state index contributed by atoms with van der Waals surface area (Å²) < 4.78 is 17.7. The quantitative estimate of drug-likeness (QED) is 0.324. The number of methoxy groups -OCH3 is 2. The van der Waals surface area contributed by atoms with Crippen molar-refractivity contribution < 1.29 is 19.0 Å². The monoisotopic (exact) mass is 493 g/mol. The summed E-state index contributed by atoms with van der Waals surface area (Å²) >= 11 is 0. The summed E-state index contributed by atoms with van der Waals surface area (Å²) in [5.41, 5.74) is 0.655. The molecule has 184 valence electrons. The highest BCUT2D eigenvalue weighted by Crippen LogP contribution is 2.28. The molecular weight excluding hydrogens is 470 g/mol. The zero-order chi connectivity index (χ0) is 25.8. The first-order valence-electron chi connectivity index (χ1n) is 11.5. The second kappa shape index (κ2) is 10.2. The van der Waals surface area contributed by atoms with Crippen LogP contribution >= 0.6 is 0 Å². The molecule has 0 bridgehead atoms. The Morgan fingerprint density at radius 1 is 0.757 bits per heavy atom. The summed E-state index contributed by atoms with van der Waals surface area (Å²) in [5.74, 6) is 1.82. The molecule has 1 N–H and O–H groups in total. The number of fused-ring (bicyclic) bond motifs is 1. The summed E-state index contributed by atoms with van der Waals surface area (Å²) in [5, 5.41) is 8.11. The van der Waals surface area contributed by atoms with E-state index in [1.54, 1.807) is 66.7 Å². The van der Waals surface area contributed by atoms with Crippen LogP contribution in [0.1, 0.15) is 10.5 Å². The highest BCUT2D eigenvalue weighted by atomic mass is 16.5. The van der Waals surface area contributed by atoms with Gasteiger partial charge in [0.15, 0.2) is 5.69 Å². The van der Waals surface area contributed by atoms with E-state index in [-0.39, 0.29) is 11.3 Å². The predicted octanol–water partition coefficient (Wildman–Crippen LogP) is 5.45. The van der Waals surface area contributed by atoms with Gasteiger partial charge in [0.2, 0.25) is 0 Å². The number of benzene rings is 4. The summed E-state index contributed by atoms with van der Waals surface area (Å²) in [4.78, 5) is 26.7. The van der Waals surface area contributed by atoms with Crippen LogP contribution in [0, 0.1) is 0 Å². The van der Waals surface area contributed by atoms with Crippen LogP contribution < -0.4 is 25.1 Å². The molecule has 0 aliphatic rings. The molecule has 5 rings (SSSR count). The molecule has 0 unspecified atom stereocenters. The molecule has 5 aromatic rings. The van der Waals surface area contributed by atoms with Gasteiger partial charge in [-0.05, 0) is 54.6 Å². The first kappa shape index (κ1) is 23.6. The van der Waals surface area contributed by atoms with E-state index in [1.165, 1.54) is 18.9 Å². The normalized spacial score (nSPS) is 10.6. The third-order valence-corrected chi connectivity index (χ3v) is 5.73. The molecule has 0 atom stereocenters. The van der Waals surface area contributed by atoms with Gasteiger partial charge in [-0.2, -0.15) is 9.78 Å². The Morgan fingerprint density at radius 3 is 2.11 bits per heavy atom. The molecule has 37 heavy (non-hydrogen) atoms. The highest BCUT2D eigenvalue weighted by Gasteiger charge is 2.19. The molecule has 1 aromatic heterocycles. The van der Waals surface area contributed by atoms with Crippen molar-refractivity contribution in [2.75, 3.05) is 19.5 Å². The smallest absolute Gasteiger partial charge is 0.279 e. The average Bonchev–Trinajstić information content (AvgIpc) is 2.94. The second-order valence-corrected chi connectivity index (χ2v) is 8.04. The first-order chi connectivity index (χ1) is 18.1. The van der Waals surface area contributed by atoms with Gasteiger partial charge in [-0.1, -0.05) is 36.4 Å². The zero-order valence-corrected chi connectivity index (χ0v) is 20.2. The number of anilines is 1. The molecular formula is C29H23N3O5. The number of nitrogens with one attached hydrogen (secondary N) is 1. The van der Waals surface area contributed by atoms with Crippen LogP contribution in [-0.2, 0) is 0 Å². The van der Waals surface area contributed by atoms with Crippen LogP contribution in [0.25, 0.3) is 16.5 Å². The lowest BCUT2D eigenvalue weighted by molar-refractivity contribution is 0.102. The van der Waals surface area contributed by atoms with Crippen molar-refractivity contribution in [1.82, 2.24) is 9.78 Å². The first-order valence-corrected chi connectivity index (χ1v) is 11.5. The van der Waals surface area contributed by atoms with Crippen molar-refractivity contribution in [3.63, 3.8) is 0 Å². The number of carbonyl (C=O) groups excluding carboxylic acids is 1. The minimum atomic E-state index is -0.464. The van der Waals surface area contributed by atoms with Gasteiger partial charge in [-0.15, -0.1) is 0 Å². The topological polar surface area (TPSA) is 91.7 Å². The largest absolute Gasteiger partial charge is 0.497 e. The molecule has 0 saturated carbocycles. The third-order valence-electron chi connectivity index (χ3n) is 5.73. The minimum absolute atomic E-state index is 0.0951. The number of ether oxygens (including phenoxy) is 3. The number of nitrogens with zero attached hydrogens (tertiary/aromatic N) is 2. The molecule has 1 heterocycles. The Balaban J connectivity index is 1.50. The molecule has 4 aromatic carbocycles. The van der Waals surface area contributed by atoms with Crippen molar-refractivity contribution in [2.24, 2.45) is 0 Å². The summed E-state index contributed by atoms with van der Waals surface area (Å²) in [6, 6.07) is 28.3. The van der Waals surface area contributed by atoms with E-state index < -0.39 is 5.91 Å². The lowest BCUT2D eigenvalue weighted by atomic mass is 10.1. The lowest BCUT2D eigenvalue weighted by Crippen LogP contribution is -2.26. The van der Waals surface area contributed by atoms with E-state index in [2.05, 4.69) is 10.4 Å². The third kappa shape index (κ3) is 4.85. The Hall–Kier alpha value is -5.11. The van der Waals surface area contributed by atoms with Crippen LogP contribution in [0.5, 0.6) is 23.0 Å². The predicted molar refractivity (Wildman–Crippen MR) is 141 cm³/mol. The molecule has 8 heteroatoms. The van der Waals surface area contributed by atoms with E-state index >= 15 is 0 Å².